The first-order valence-corrected chi connectivity index (χ1v) is 5.10. The largest absolute Gasteiger partial charge is 0.480 e. The molecule has 3 nitrogen and oxygen atoms in total. The summed E-state index contributed by atoms with van der Waals surface area (Å²) in [4.78, 5) is 12.8. The Morgan fingerprint density at radius 1 is 1.31 bits per heavy atom. The normalized spacial score (nSPS) is 28.7. The highest BCUT2D eigenvalue weighted by Gasteiger charge is 2.45. The molecule has 1 N–H and O–H groups in total. The Balaban J connectivity index is 1.86. The molecule has 2 rings (SSSR count). The van der Waals surface area contributed by atoms with Gasteiger partial charge in [0.1, 0.15) is 6.04 Å². The molecule has 2 fully saturated rings. The Morgan fingerprint density at radius 2 is 1.85 bits per heavy atom. The summed E-state index contributed by atoms with van der Waals surface area (Å²) in [6.45, 7) is 3.74. The van der Waals surface area contributed by atoms with Crippen molar-refractivity contribution in [3.05, 3.63) is 0 Å². The maximum absolute atomic E-state index is 10.7. The van der Waals surface area contributed by atoms with Gasteiger partial charge >= 0.3 is 5.97 Å². The number of hydrogen-bond acceptors (Lipinski definition) is 2. The van der Waals surface area contributed by atoms with Crippen molar-refractivity contribution in [2.24, 2.45) is 5.41 Å². The topological polar surface area (TPSA) is 40.5 Å². The lowest BCUT2D eigenvalue weighted by molar-refractivity contribution is -0.143. The summed E-state index contributed by atoms with van der Waals surface area (Å²) in [5.74, 6) is -0.688. The van der Waals surface area contributed by atoms with Gasteiger partial charge < -0.3 is 5.11 Å². The molecule has 0 amide bonds. The van der Waals surface area contributed by atoms with Crippen LogP contribution in [0.25, 0.3) is 0 Å². The summed E-state index contributed by atoms with van der Waals surface area (Å²) in [7, 11) is 0. The molecule has 1 saturated carbocycles. The second-order valence-electron chi connectivity index (χ2n) is 4.55. The molecule has 13 heavy (non-hydrogen) atoms. The molecule has 1 heterocycles. The Bertz CT molecular complexity index is 213. The van der Waals surface area contributed by atoms with Crippen molar-refractivity contribution in [1.82, 2.24) is 4.90 Å². The molecule has 1 aliphatic carbocycles. The molecule has 1 saturated heterocycles. The fraction of sp³-hybridized carbons (Fsp3) is 0.900. The zero-order chi connectivity index (χ0) is 9.47. The van der Waals surface area contributed by atoms with E-state index < -0.39 is 5.97 Å². The highest BCUT2D eigenvalue weighted by Crippen LogP contribution is 2.53. The minimum absolute atomic E-state index is 0.295. The van der Waals surface area contributed by atoms with Gasteiger partial charge in [0.15, 0.2) is 0 Å². The van der Waals surface area contributed by atoms with Crippen LogP contribution in [0.2, 0.25) is 0 Å². The van der Waals surface area contributed by atoms with Crippen LogP contribution in [0.5, 0.6) is 0 Å². The van der Waals surface area contributed by atoms with Crippen LogP contribution in [0.3, 0.4) is 0 Å². The van der Waals surface area contributed by atoms with Gasteiger partial charge in [0, 0.05) is 0 Å². The highest BCUT2D eigenvalue weighted by atomic mass is 16.4. The molecule has 1 spiro atoms. The molecule has 1 aliphatic heterocycles. The quantitative estimate of drug-likeness (QED) is 0.702. The predicted octanol–water partition coefficient (Wildman–Crippen LogP) is 1.34. The van der Waals surface area contributed by atoms with E-state index in [1.165, 1.54) is 25.7 Å². The first kappa shape index (κ1) is 9.00. The van der Waals surface area contributed by atoms with Crippen LogP contribution in [0.4, 0.5) is 0 Å². The van der Waals surface area contributed by atoms with Crippen molar-refractivity contribution in [2.45, 2.75) is 38.6 Å². The maximum Gasteiger partial charge on any atom is 0.320 e. The van der Waals surface area contributed by atoms with Crippen molar-refractivity contribution >= 4 is 5.97 Å². The van der Waals surface area contributed by atoms with Crippen LogP contribution in [0.15, 0.2) is 0 Å². The van der Waals surface area contributed by atoms with Crippen LogP contribution in [-0.2, 0) is 4.79 Å². The number of carboxylic acids is 1. The lowest BCUT2D eigenvalue weighted by Gasteiger charge is -2.34. The second-order valence-corrected chi connectivity index (χ2v) is 4.55. The van der Waals surface area contributed by atoms with Crippen LogP contribution in [-0.4, -0.2) is 35.1 Å². The average Bonchev–Trinajstić information content (AvgIpc) is 2.85. The van der Waals surface area contributed by atoms with Gasteiger partial charge in [0.25, 0.3) is 0 Å². The van der Waals surface area contributed by atoms with Crippen molar-refractivity contribution in [1.29, 1.82) is 0 Å². The van der Waals surface area contributed by atoms with Crippen LogP contribution < -0.4 is 0 Å². The number of carboxylic acid groups (broad SMARTS) is 1. The molecule has 1 atom stereocenters. The minimum atomic E-state index is -0.688. The summed E-state index contributed by atoms with van der Waals surface area (Å²) in [6.07, 6.45) is 5.18. The van der Waals surface area contributed by atoms with Crippen molar-refractivity contribution in [3.63, 3.8) is 0 Å². The molecule has 0 aromatic rings. The molecule has 74 valence electrons. The van der Waals surface area contributed by atoms with E-state index in [1.807, 2.05) is 0 Å². The molecule has 1 unspecified atom stereocenters. The zero-order valence-corrected chi connectivity index (χ0v) is 8.12. The smallest absolute Gasteiger partial charge is 0.320 e. The van der Waals surface area contributed by atoms with Crippen LogP contribution >= 0.6 is 0 Å². The lowest BCUT2D eigenvalue weighted by Crippen LogP contribution is -2.44. The van der Waals surface area contributed by atoms with Crippen molar-refractivity contribution in [2.75, 3.05) is 13.1 Å². The third kappa shape index (κ3) is 1.70. The highest BCUT2D eigenvalue weighted by molar-refractivity contribution is 5.72. The molecule has 0 aromatic carbocycles. The van der Waals surface area contributed by atoms with E-state index in [1.54, 1.807) is 6.92 Å². The molecule has 2 aliphatic rings. The average molecular weight is 183 g/mol. The fourth-order valence-corrected chi connectivity index (χ4v) is 2.22. The van der Waals surface area contributed by atoms with Gasteiger partial charge in [0.05, 0.1) is 0 Å². The fourth-order valence-electron chi connectivity index (χ4n) is 2.22. The number of aliphatic carboxylic acids is 1. The van der Waals surface area contributed by atoms with E-state index in [2.05, 4.69) is 4.90 Å². The Morgan fingerprint density at radius 3 is 2.23 bits per heavy atom. The summed E-state index contributed by atoms with van der Waals surface area (Å²) >= 11 is 0. The number of piperidine rings is 1. The van der Waals surface area contributed by atoms with E-state index in [9.17, 15) is 4.79 Å². The molecule has 0 radical (unpaired) electrons. The SMILES string of the molecule is CC(C(=O)O)N1CCC2(CC1)CC2. The molecule has 3 heteroatoms. The Kier molecular flexibility index (Phi) is 2.06. The van der Waals surface area contributed by atoms with E-state index >= 15 is 0 Å². The zero-order valence-electron chi connectivity index (χ0n) is 8.12. The number of carbonyl (C=O) groups is 1. The Hall–Kier alpha value is -0.570. The van der Waals surface area contributed by atoms with Crippen molar-refractivity contribution < 1.29 is 9.90 Å². The number of rotatable bonds is 2. The van der Waals surface area contributed by atoms with Gasteiger partial charge in [-0.15, -0.1) is 0 Å². The van der Waals surface area contributed by atoms with Gasteiger partial charge in [-0.25, -0.2) is 0 Å². The number of nitrogens with zero attached hydrogens (tertiary/aromatic N) is 1. The minimum Gasteiger partial charge on any atom is -0.480 e. The lowest BCUT2D eigenvalue weighted by atomic mass is 9.93. The van der Waals surface area contributed by atoms with E-state index in [4.69, 9.17) is 5.11 Å². The summed E-state index contributed by atoms with van der Waals surface area (Å²) in [5.41, 5.74) is 0.648. The first-order chi connectivity index (χ1) is 6.13. The van der Waals surface area contributed by atoms with E-state index in [-0.39, 0.29) is 6.04 Å². The second kappa shape index (κ2) is 2.98. The monoisotopic (exact) mass is 183 g/mol. The summed E-state index contributed by atoms with van der Waals surface area (Å²) in [5, 5.41) is 8.84. The standard InChI is InChI=1S/C10H17NO2/c1-8(9(12)13)11-6-4-10(2-3-10)5-7-11/h8H,2-7H2,1H3,(H,12,13). The van der Waals surface area contributed by atoms with Crippen molar-refractivity contribution in [3.8, 4) is 0 Å². The van der Waals surface area contributed by atoms with Gasteiger partial charge in [0.2, 0.25) is 0 Å². The Labute approximate surface area is 78.7 Å². The molecule has 0 bridgehead atoms. The van der Waals surface area contributed by atoms with Crippen LogP contribution in [0.1, 0.15) is 32.6 Å². The summed E-state index contributed by atoms with van der Waals surface area (Å²) in [6, 6.07) is -0.295. The van der Waals surface area contributed by atoms with E-state index in [0.29, 0.717) is 5.41 Å². The first-order valence-electron chi connectivity index (χ1n) is 5.10. The van der Waals surface area contributed by atoms with Crippen LogP contribution in [0, 0.1) is 5.41 Å². The number of hydrogen-bond donors (Lipinski definition) is 1. The van der Waals surface area contributed by atoms with Gasteiger partial charge in [-0.2, -0.15) is 0 Å². The molecular weight excluding hydrogens is 166 g/mol. The molecule has 0 aromatic heterocycles. The van der Waals surface area contributed by atoms with Gasteiger partial charge in [-0.05, 0) is 51.1 Å². The third-order valence-electron chi connectivity index (χ3n) is 3.72. The maximum atomic E-state index is 10.7. The van der Waals surface area contributed by atoms with Gasteiger partial charge in [-0.3, -0.25) is 9.69 Å². The summed E-state index contributed by atoms with van der Waals surface area (Å²) < 4.78 is 0. The number of likely N-dealkylation sites (tertiary alicyclic amines) is 1. The van der Waals surface area contributed by atoms with E-state index in [0.717, 1.165) is 13.1 Å². The predicted molar refractivity (Wildman–Crippen MR) is 49.6 cm³/mol. The molecular formula is C10H17NO2. The third-order valence-corrected chi connectivity index (χ3v) is 3.72. The van der Waals surface area contributed by atoms with Gasteiger partial charge in [-0.1, -0.05) is 0 Å².